The number of nitrogens with zero attached hydrogens (tertiary/aromatic N) is 1. The smallest absolute Gasteiger partial charge is 0.227 e. The van der Waals surface area contributed by atoms with Crippen LogP contribution < -0.4 is 15.5 Å². The van der Waals surface area contributed by atoms with Crippen molar-refractivity contribution in [3.63, 3.8) is 0 Å². The van der Waals surface area contributed by atoms with Crippen molar-refractivity contribution in [1.29, 1.82) is 0 Å². The topological polar surface area (TPSA) is 95.6 Å². The van der Waals surface area contributed by atoms with Crippen LogP contribution >= 0.6 is 0 Å². The van der Waals surface area contributed by atoms with Crippen LogP contribution in [0.3, 0.4) is 0 Å². The second-order valence-corrected chi connectivity index (χ2v) is 12.5. The Hall–Kier alpha value is -2.23. The SMILES string of the molecule is O=C(NCC1C[C@@H](c2cc(F)c(N3CCC(C4CS(=O)(=O)C4)CC3)c(F)c2)C(=O)N1)C1CCC1. The van der Waals surface area contributed by atoms with Gasteiger partial charge in [-0.3, -0.25) is 9.59 Å². The Morgan fingerprint density at radius 2 is 1.71 bits per heavy atom. The van der Waals surface area contributed by atoms with Crippen LogP contribution in [0.4, 0.5) is 14.5 Å². The predicted molar refractivity (Wildman–Crippen MR) is 123 cm³/mol. The largest absolute Gasteiger partial charge is 0.367 e. The van der Waals surface area contributed by atoms with E-state index in [1.807, 2.05) is 0 Å². The van der Waals surface area contributed by atoms with Gasteiger partial charge in [0, 0.05) is 31.6 Å². The lowest BCUT2D eigenvalue weighted by Crippen LogP contribution is -2.46. The Labute approximate surface area is 198 Å². The lowest BCUT2D eigenvalue weighted by atomic mass is 9.85. The molecular formula is C24H31F2N3O4S. The number of halogens is 2. The number of benzene rings is 1. The molecule has 7 nitrogen and oxygen atoms in total. The number of carbonyl (C=O) groups is 2. The van der Waals surface area contributed by atoms with E-state index in [1.165, 1.54) is 12.1 Å². The zero-order valence-electron chi connectivity index (χ0n) is 19.1. The van der Waals surface area contributed by atoms with Crippen molar-refractivity contribution in [2.75, 3.05) is 36.0 Å². The summed E-state index contributed by atoms with van der Waals surface area (Å²) >= 11 is 0. The third-order valence-corrected chi connectivity index (χ3v) is 9.95. The van der Waals surface area contributed by atoms with Crippen LogP contribution in [0.2, 0.25) is 0 Å². The van der Waals surface area contributed by atoms with Crippen LogP contribution in [-0.4, -0.2) is 57.4 Å². The first-order chi connectivity index (χ1) is 16.2. The van der Waals surface area contributed by atoms with Gasteiger partial charge in [0.05, 0.1) is 17.4 Å². The van der Waals surface area contributed by atoms with E-state index in [0.717, 1.165) is 19.3 Å². The lowest BCUT2D eigenvalue weighted by Gasteiger charge is -2.40. The van der Waals surface area contributed by atoms with Crippen molar-refractivity contribution in [2.24, 2.45) is 17.8 Å². The van der Waals surface area contributed by atoms with Crippen LogP contribution in [0, 0.1) is 29.4 Å². The van der Waals surface area contributed by atoms with E-state index < -0.39 is 27.4 Å². The Kier molecular flexibility index (Phi) is 6.29. The first kappa shape index (κ1) is 23.5. The van der Waals surface area contributed by atoms with E-state index in [1.54, 1.807) is 4.90 Å². The first-order valence-electron chi connectivity index (χ1n) is 12.2. The van der Waals surface area contributed by atoms with Crippen molar-refractivity contribution in [3.05, 3.63) is 29.3 Å². The molecule has 1 unspecified atom stereocenters. The highest BCUT2D eigenvalue weighted by atomic mass is 32.2. The summed E-state index contributed by atoms with van der Waals surface area (Å²) in [5.74, 6) is -1.36. The van der Waals surface area contributed by atoms with Gasteiger partial charge in [-0.15, -0.1) is 0 Å². The van der Waals surface area contributed by atoms with Gasteiger partial charge in [0.1, 0.15) is 17.3 Å². The molecule has 2 amide bonds. The maximum atomic E-state index is 15.0. The van der Waals surface area contributed by atoms with Gasteiger partial charge in [0.2, 0.25) is 11.8 Å². The number of amides is 2. The molecule has 0 spiro atoms. The molecule has 1 saturated carbocycles. The van der Waals surface area contributed by atoms with Crippen molar-refractivity contribution in [1.82, 2.24) is 10.6 Å². The molecule has 1 aliphatic carbocycles. The molecule has 0 radical (unpaired) electrons. The van der Waals surface area contributed by atoms with Gasteiger partial charge in [0.25, 0.3) is 0 Å². The highest BCUT2D eigenvalue weighted by Crippen LogP contribution is 2.37. The Bertz CT molecular complexity index is 1050. The lowest BCUT2D eigenvalue weighted by molar-refractivity contribution is -0.127. The van der Waals surface area contributed by atoms with Crippen molar-refractivity contribution >= 4 is 27.3 Å². The Morgan fingerprint density at radius 3 is 2.26 bits per heavy atom. The predicted octanol–water partition coefficient (Wildman–Crippen LogP) is 2.11. The summed E-state index contributed by atoms with van der Waals surface area (Å²) in [7, 11) is -2.88. The highest BCUT2D eigenvalue weighted by Gasteiger charge is 2.40. The molecule has 0 aromatic heterocycles. The number of rotatable bonds is 6. The second-order valence-electron chi connectivity index (χ2n) is 10.4. The fourth-order valence-corrected chi connectivity index (χ4v) is 7.52. The zero-order valence-corrected chi connectivity index (χ0v) is 19.9. The van der Waals surface area contributed by atoms with Crippen LogP contribution in [0.1, 0.15) is 50.0 Å². The molecule has 10 heteroatoms. The van der Waals surface area contributed by atoms with E-state index >= 15 is 8.78 Å². The molecule has 2 atom stereocenters. The van der Waals surface area contributed by atoms with Crippen LogP contribution in [-0.2, 0) is 19.4 Å². The van der Waals surface area contributed by atoms with E-state index in [2.05, 4.69) is 10.6 Å². The first-order valence-corrected chi connectivity index (χ1v) is 14.0. The Morgan fingerprint density at radius 1 is 1.06 bits per heavy atom. The average Bonchev–Trinajstić information content (AvgIpc) is 3.10. The Balaban J connectivity index is 1.19. The summed E-state index contributed by atoms with van der Waals surface area (Å²) in [4.78, 5) is 26.2. The number of nitrogens with one attached hydrogen (secondary N) is 2. The van der Waals surface area contributed by atoms with Crippen molar-refractivity contribution in [3.8, 4) is 0 Å². The number of sulfone groups is 1. The number of hydrogen-bond donors (Lipinski definition) is 2. The maximum absolute atomic E-state index is 15.0. The zero-order chi connectivity index (χ0) is 24.0. The van der Waals surface area contributed by atoms with Gasteiger partial charge in [0.15, 0.2) is 9.84 Å². The highest BCUT2D eigenvalue weighted by molar-refractivity contribution is 7.92. The standard InChI is InChI=1S/C24H31F2N3O4S/c25-20-8-16(19-10-18(28-24(19)31)11-27-23(30)15-2-1-3-15)9-21(26)22(20)29-6-4-14(5-7-29)17-12-34(32,33)13-17/h8-9,14-15,17-19H,1-7,10-13H2,(H,27,30)(H,28,31)/t18?,19-/m0/s1. The van der Waals surface area contributed by atoms with Crippen LogP contribution in [0.5, 0.6) is 0 Å². The van der Waals surface area contributed by atoms with Gasteiger partial charge in [-0.2, -0.15) is 0 Å². The molecular weight excluding hydrogens is 464 g/mol. The molecule has 1 aromatic rings. The van der Waals surface area contributed by atoms with Crippen molar-refractivity contribution < 1.29 is 26.8 Å². The molecule has 1 aromatic carbocycles. The molecule has 4 fully saturated rings. The molecule has 2 N–H and O–H groups in total. The molecule has 5 rings (SSSR count). The minimum absolute atomic E-state index is 0.00749. The third kappa shape index (κ3) is 4.65. The number of carbonyl (C=O) groups excluding carboxylic acids is 2. The van der Waals surface area contributed by atoms with Crippen molar-refractivity contribution in [2.45, 2.75) is 50.5 Å². The molecule has 0 bridgehead atoms. The quantitative estimate of drug-likeness (QED) is 0.630. The summed E-state index contributed by atoms with van der Waals surface area (Å²) in [6.45, 7) is 1.26. The van der Waals surface area contributed by atoms with E-state index in [0.29, 0.717) is 44.5 Å². The minimum atomic E-state index is -2.88. The fourth-order valence-electron chi connectivity index (χ4n) is 5.77. The van der Waals surface area contributed by atoms with Gasteiger partial charge < -0.3 is 15.5 Å². The van der Waals surface area contributed by atoms with Gasteiger partial charge in [-0.1, -0.05) is 6.42 Å². The van der Waals surface area contributed by atoms with E-state index in [4.69, 9.17) is 0 Å². The molecule has 3 heterocycles. The molecule has 3 aliphatic heterocycles. The summed E-state index contributed by atoms with van der Waals surface area (Å²) in [5.41, 5.74) is 0.227. The minimum Gasteiger partial charge on any atom is -0.367 e. The molecule has 3 saturated heterocycles. The molecule has 34 heavy (non-hydrogen) atoms. The van der Waals surface area contributed by atoms with Gasteiger partial charge >= 0.3 is 0 Å². The summed E-state index contributed by atoms with van der Waals surface area (Å²) in [6.07, 6.45) is 4.65. The average molecular weight is 496 g/mol. The summed E-state index contributed by atoms with van der Waals surface area (Å²) < 4.78 is 53.0. The third-order valence-electron chi connectivity index (χ3n) is 8.08. The monoisotopic (exact) mass is 495 g/mol. The fraction of sp³-hybridized carbons (Fsp3) is 0.667. The summed E-state index contributed by atoms with van der Waals surface area (Å²) in [6, 6.07) is 2.24. The van der Waals surface area contributed by atoms with E-state index in [-0.39, 0.29) is 52.8 Å². The maximum Gasteiger partial charge on any atom is 0.227 e. The van der Waals surface area contributed by atoms with Gasteiger partial charge in [-0.05, 0) is 61.6 Å². The van der Waals surface area contributed by atoms with Gasteiger partial charge in [-0.25, -0.2) is 17.2 Å². The second kappa shape index (κ2) is 9.09. The van der Waals surface area contributed by atoms with Crippen LogP contribution in [0.25, 0.3) is 0 Å². The number of anilines is 1. The number of hydrogen-bond acceptors (Lipinski definition) is 5. The molecule has 4 aliphatic rings. The van der Waals surface area contributed by atoms with Crippen LogP contribution in [0.15, 0.2) is 12.1 Å². The molecule has 186 valence electrons. The van der Waals surface area contributed by atoms with E-state index in [9.17, 15) is 18.0 Å². The number of piperidine rings is 1. The summed E-state index contributed by atoms with van der Waals surface area (Å²) in [5, 5.41) is 5.71. The normalized spacial score (nSPS) is 27.7.